The molecule has 0 aliphatic carbocycles. The molecule has 0 spiro atoms. The average Bonchev–Trinajstić information content (AvgIpc) is 2.67. The van der Waals surface area contributed by atoms with Crippen molar-refractivity contribution in [3.63, 3.8) is 0 Å². The second kappa shape index (κ2) is 5.40. The molecule has 0 bridgehead atoms. The number of hydrogen-bond acceptors (Lipinski definition) is 3. The Balaban J connectivity index is 2.47. The van der Waals surface area contributed by atoms with Crippen molar-refractivity contribution in [3.8, 4) is 17.0 Å². The third-order valence-electron chi connectivity index (χ3n) is 3.20. The fourth-order valence-electron chi connectivity index (χ4n) is 2.17. The van der Waals surface area contributed by atoms with Gasteiger partial charge < -0.3 is 10.1 Å². The van der Waals surface area contributed by atoms with Crippen LogP contribution in [0.1, 0.15) is 11.3 Å². The summed E-state index contributed by atoms with van der Waals surface area (Å²) in [6.07, 6.45) is 0. The van der Waals surface area contributed by atoms with Crippen molar-refractivity contribution in [1.82, 2.24) is 15.1 Å². The zero-order valence-electron chi connectivity index (χ0n) is 11.6. The second-order valence-corrected chi connectivity index (χ2v) is 4.42. The molecule has 2 rings (SSSR count). The summed E-state index contributed by atoms with van der Waals surface area (Å²) in [6.45, 7) is 2.73. The molecule has 19 heavy (non-hydrogen) atoms. The van der Waals surface area contributed by atoms with Gasteiger partial charge >= 0.3 is 0 Å². The van der Waals surface area contributed by atoms with Gasteiger partial charge in [0.1, 0.15) is 0 Å². The number of rotatable bonds is 4. The van der Waals surface area contributed by atoms with Gasteiger partial charge in [0, 0.05) is 19.2 Å². The monoisotopic (exact) mass is 263 g/mol. The smallest absolute Gasteiger partial charge is 0.165 e. The number of methoxy groups -OCH3 is 1. The van der Waals surface area contributed by atoms with E-state index < -0.39 is 0 Å². The largest absolute Gasteiger partial charge is 0.494 e. The number of nitrogens with zero attached hydrogens (tertiary/aromatic N) is 2. The minimum atomic E-state index is -0.375. The number of aryl methyl sites for hydroxylation is 1. The van der Waals surface area contributed by atoms with Gasteiger partial charge in [-0.25, -0.2) is 4.39 Å². The summed E-state index contributed by atoms with van der Waals surface area (Å²) in [5.41, 5.74) is 3.71. The Hall–Kier alpha value is -1.88. The van der Waals surface area contributed by atoms with Crippen LogP contribution in [0.2, 0.25) is 0 Å². The van der Waals surface area contributed by atoms with Gasteiger partial charge in [-0.05, 0) is 37.7 Å². The van der Waals surface area contributed by atoms with E-state index in [1.165, 1.54) is 13.2 Å². The standard InChI is InChI=1S/C14H18FN3O/c1-9-12(8-16-2)18(3)17-14(9)10-5-6-13(19-4)11(15)7-10/h5-7,16H,8H2,1-4H3. The molecule has 1 aromatic carbocycles. The lowest BCUT2D eigenvalue weighted by Gasteiger charge is -2.04. The zero-order valence-corrected chi connectivity index (χ0v) is 11.6. The first kappa shape index (κ1) is 13.5. The number of hydrogen-bond donors (Lipinski definition) is 1. The van der Waals surface area contributed by atoms with E-state index in [1.807, 2.05) is 31.8 Å². The molecular formula is C14H18FN3O. The minimum absolute atomic E-state index is 0.243. The van der Waals surface area contributed by atoms with Crippen LogP contribution in [0.3, 0.4) is 0 Å². The fraction of sp³-hybridized carbons (Fsp3) is 0.357. The van der Waals surface area contributed by atoms with Gasteiger partial charge in [0.25, 0.3) is 0 Å². The van der Waals surface area contributed by atoms with Crippen LogP contribution in [0.5, 0.6) is 5.75 Å². The molecule has 5 heteroatoms. The molecule has 4 nitrogen and oxygen atoms in total. The fourth-order valence-corrected chi connectivity index (χ4v) is 2.17. The van der Waals surface area contributed by atoms with Crippen LogP contribution >= 0.6 is 0 Å². The third-order valence-corrected chi connectivity index (χ3v) is 3.20. The predicted octanol–water partition coefficient (Wildman–Crippen LogP) is 2.26. The topological polar surface area (TPSA) is 39.1 Å². The molecule has 0 saturated carbocycles. The molecule has 0 aliphatic rings. The van der Waals surface area contributed by atoms with E-state index in [0.717, 1.165) is 29.1 Å². The second-order valence-electron chi connectivity index (χ2n) is 4.42. The predicted molar refractivity (Wildman–Crippen MR) is 72.7 cm³/mol. The van der Waals surface area contributed by atoms with Crippen molar-refractivity contribution in [3.05, 3.63) is 35.3 Å². The molecule has 2 aromatic rings. The van der Waals surface area contributed by atoms with Gasteiger partial charge in [0.05, 0.1) is 18.5 Å². The van der Waals surface area contributed by atoms with Gasteiger partial charge in [0.15, 0.2) is 11.6 Å². The zero-order chi connectivity index (χ0) is 14.0. The maximum Gasteiger partial charge on any atom is 0.165 e. The highest BCUT2D eigenvalue weighted by molar-refractivity contribution is 5.64. The van der Waals surface area contributed by atoms with Crippen LogP contribution in [0.4, 0.5) is 4.39 Å². The summed E-state index contributed by atoms with van der Waals surface area (Å²) in [5, 5.41) is 7.57. The molecule has 0 saturated heterocycles. The van der Waals surface area contributed by atoms with Gasteiger partial charge in [0.2, 0.25) is 0 Å². The Morgan fingerprint density at radius 3 is 2.74 bits per heavy atom. The summed E-state index contributed by atoms with van der Waals surface area (Å²) in [4.78, 5) is 0. The van der Waals surface area contributed by atoms with E-state index in [0.29, 0.717) is 0 Å². The molecule has 0 amide bonds. The van der Waals surface area contributed by atoms with Gasteiger partial charge in [-0.15, -0.1) is 0 Å². The first-order chi connectivity index (χ1) is 9.08. The van der Waals surface area contributed by atoms with Gasteiger partial charge in [-0.3, -0.25) is 4.68 Å². The molecule has 0 radical (unpaired) electrons. The number of aromatic nitrogens is 2. The van der Waals surface area contributed by atoms with Crippen molar-refractivity contribution in [2.45, 2.75) is 13.5 Å². The first-order valence-corrected chi connectivity index (χ1v) is 6.09. The molecular weight excluding hydrogens is 245 g/mol. The van der Waals surface area contributed by atoms with E-state index in [-0.39, 0.29) is 11.6 Å². The van der Waals surface area contributed by atoms with Crippen molar-refractivity contribution in [1.29, 1.82) is 0 Å². The van der Waals surface area contributed by atoms with Crippen LogP contribution < -0.4 is 10.1 Å². The van der Waals surface area contributed by atoms with E-state index in [1.54, 1.807) is 6.07 Å². The molecule has 1 heterocycles. The molecule has 1 aromatic heterocycles. The first-order valence-electron chi connectivity index (χ1n) is 6.09. The van der Waals surface area contributed by atoms with Crippen molar-refractivity contribution in [2.24, 2.45) is 7.05 Å². The summed E-state index contributed by atoms with van der Waals surface area (Å²) >= 11 is 0. The maximum atomic E-state index is 13.8. The summed E-state index contributed by atoms with van der Waals surface area (Å²) in [5.74, 6) is -0.131. The summed E-state index contributed by atoms with van der Waals surface area (Å²) in [7, 11) is 5.23. The van der Waals surface area contributed by atoms with Crippen LogP contribution in [0, 0.1) is 12.7 Å². The molecule has 0 atom stereocenters. The Bertz CT molecular complexity index is 593. The highest BCUT2D eigenvalue weighted by Gasteiger charge is 2.14. The Labute approximate surface area is 112 Å². The van der Waals surface area contributed by atoms with Gasteiger partial charge in [-0.1, -0.05) is 0 Å². The molecule has 102 valence electrons. The van der Waals surface area contributed by atoms with Crippen molar-refractivity contribution in [2.75, 3.05) is 14.2 Å². The number of nitrogens with one attached hydrogen (secondary N) is 1. The highest BCUT2D eigenvalue weighted by Crippen LogP contribution is 2.28. The SMILES string of the molecule is CNCc1c(C)c(-c2ccc(OC)c(F)c2)nn1C. The molecule has 0 fully saturated rings. The number of ether oxygens (including phenoxy) is 1. The molecule has 1 N–H and O–H groups in total. The van der Waals surface area contributed by atoms with Crippen LogP contribution in [-0.4, -0.2) is 23.9 Å². The highest BCUT2D eigenvalue weighted by atomic mass is 19.1. The van der Waals surface area contributed by atoms with Crippen LogP contribution in [0.15, 0.2) is 18.2 Å². The lowest BCUT2D eigenvalue weighted by molar-refractivity contribution is 0.386. The minimum Gasteiger partial charge on any atom is -0.494 e. The molecule has 0 unspecified atom stereocenters. The van der Waals surface area contributed by atoms with Crippen LogP contribution in [-0.2, 0) is 13.6 Å². The van der Waals surface area contributed by atoms with Crippen molar-refractivity contribution < 1.29 is 9.13 Å². The average molecular weight is 263 g/mol. The number of halogens is 1. The summed E-state index contributed by atoms with van der Waals surface area (Å²) in [6, 6.07) is 4.90. The summed E-state index contributed by atoms with van der Waals surface area (Å²) < 4.78 is 20.5. The normalized spacial score (nSPS) is 10.8. The Morgan fingerprint density at radius 2 is 2.16 bits per heavy atom. The van der Waals surface area contributed by atoms with E-state index in [9.17, 15) is 4.39 Å². The third kappa shape index (κ3) is 2.46. The van der Waals surface area contributed by atoms with E-state index >= 15 is 0 Å². The van der Waals surface area contributed by atoms with E-state index in [4.69, 9.17) is 4.74 Å². The Morgan fingerprint density at radius 1 is 1.42 bits per heavy atom. The maximum absolute atomic E-state index is 13.8. The quantitative estimate of drug-likeness (QED) is 0.919. The number of benzene rings is 1. The van der Waals surface area contributed by atoms with E-state index in [2.05, 4.69) is 10.4 Å². The lowest BCUT2D eigenvalue weighted by Crippen LogP contribution is -2.10. The molecule has 0 aliphatic heterocycles. The Kier molecular flexibility index (Phi) is 3.85. The lowest BCUT2D eigenvalue weighted by atomic mass is 10.1. The van der Waals surface area contributed by atoms with Crippen molar-refractivity contribution >= 4 is 0 Å². The van der Waals surface area contributed by atoms with Crippen LogP contribution in [0.25, 0.3) is 11.3 Å². The van der Waals surface area contributed by atoms with Gasteiger partial charge in [-0.2, -0.15) is 5.10 Å².